The minimum absolute atomic E-state index is 0.0841. The average Bonchev–Trinajstić information content (AvgIpc) is 2.62. The maximum Gasteiger partial charge on any atom is 0.416 e. The van der Waals surface area contributed by atoms with E-state index in [0.717, 1.165) is 17.7 Å². The van der Waals surface area contributed by atoms with E-state index >= 15 is 0 Å². The Morgan fingerprint density at radius 1 is 1.27 bits per heavy atom. The molecule has 1 saturated heterocycles. The van der Waals surface area contributed by atoms with Crippen LogP contribution < -0.4 is 5.32 Å². The van der Waals surface area contributed by atoms with E-state index in [1.807, 2.05) is 4.90 Å². The van der Waals surface area contributed by atoms with Crippen molar-refractivity contribution in [2.24, 2.45) is 10.9 Å². The Balaban J connectivity index is 1.86. The zero-order chi connectivity index (χ0) is 19.2. The number of esters is 1. The average molecular weight is 371 g/mol. The maximum absolute atomic E-state index is 12.6. The number of alkyl halides is 3. The number of hydrogen-bond donors (Lipinski definition) is 1. The zero-order valence-corrected chi connectivity index (χ0v) is 15.0. The number of carbonyl (C=O) groups is 1. The fraction of sp³-hybridized carbons (Fsp3) is 0.556. The van der Waals surface area contributed by atoms with Crippen molar-refractivity contribution < 1.29 is 22.7 Å². The zero-order valence-electron chi connectivity index (χ0n) is 15.0. The van der Waals surface area contributed by atoms with Crippen LogP contribution in [0, 0.1) is 5.92 Å². The smallest absolute Gasteiger partial charge is 0.416 e. The van der Waals surface area contributed by atoms with Crippen LogP contribution in [0.15, 0.2) is 29.3 Å². The molecule has 0 aromatic heterocycles. The highest BCUT2D eigenvalue weighted by Crippen LogP contribution is 2.29. The van der Waals surface area contributed by atoms with E-state index in [4.69, 9.17) is 4.74 Å². The second kappa shape index (κ2) is 8.91. The Morgan fingerprint density at radius 3 is 2.38 bits per heavy atom. The van der Waals surface area contributed by atoms with Gasteiger partial charge in [0.2, 0.25) is 0 Å². The van der Waals surface area contributed by atoms with Crippen LogP contribution in [0.25, 0.3) is 0 Å². The molecule has 26 heavy (non-hydrogen) atoms. The summed E-state index contributed by atoms with van der Waals surface area (Å²) in [5.41, 5.74) is 0.0761. The van der Waals surface area contributed by atoms with E-state index in [2.05, 4.69) is 10.3 Å². The van der Waals surface area contributed by atoms with Crippen molar-refractivity contribution in [3.63, 3.8) is 0 Å². The molecule has 1 aromatic rings. The monoisotopic (exact) mass is 371 g/mol. The molecule has 8 heteroatoms. The fourth-order valence-electron chi connectivity index (χ4n) is 2.91. The molecule has 5 nitrogen and oxygen atoms in total. The summed E-state index contributed by atoms with van der Waals surface area (Å²) in [6, 6.07) is 5.06. The molecule has 0 aliphatic carbocycles. The lowest BCUT2D eigenvalue weighted by atomic mass is 9.97. The summed E-state index contributed by atoms with van der Waals surface area (Å²) in [4.78, 5) is 18.1. The molecule has 1 heterocycles. The van der Waals surface area contributed by atoms with Crippen molar-refractivity contribution in [2.45, 2.75) is 32.5 Å². The summed E-state index contributed by atoms with van der Waals surface area (Å²) in [5.74, 6) is 0.436. The summed E-state index contributed by atoms with van der Waals surface area (Å²) >= 11 is 0. The molecule has 1 aromatic carbocycles. The molecule has 0 amide bonds. The summed E-state index contributed by atoms with van der Waals surface area (Å²) in [7, 11) is 1.66. The van der Waals surface area contributed by atoms with Crippen LogP contribution in [0.4, 0.5) is 13.2 Å². The van der Waals surface area contributed by atoms with E-state index < -0.39 is 11.7 Å². The first kappa shape index (κ1) is 20.1. The molecule has 0 radical (unpaired) electrons. The molecule has 1 aliphatic rings. The largest absolute Gasteiger partial charge is 0.466 e. The van der Waals surface area contributed by atoms with Crippen LogP contribution in [0.1, 0.15) is 30.9 Å². The number of hydrogen-bond acceptors (Lipinski definition) is 3. The lowest BCUT2D eigenvalue weighted by Gasteiger charge is -2.33. The first-order valence-electron chi connectivity index (χ1n) is 8.63. The minimum Gasteiger partial charge on any atom is -0.466 e. The van der Waals surface area contributed by atoms with E-state index in [-0.39, 0.29) is 11.9 Å². The fourth-order valence-corrected chi connectivity index (χ4v) is 2.91. The predicted octanol–water partition coefficient (Wildman–Crippen LogP) is 3.06. The van der Waals surface area contributed by atoms with Gasteiger partial charge in [0.25, 0.3) is 0 Å². The van der Waals surface area contributed by atoms with Crippen molar-refractivity contribution in [3.05, 3.63) is 35.4 Å². The Kier molecular flexibility index (Phi) is 6.88. The topological polar surface area (TPSA) is 53.9 Å². The van der Waals surface area contributed by atoms with Gasteiger partial charge in [-0.05, 0) is 37.5 Å². The summed E-state index contributed by atoms with van der Waals surface area (Å²) < 4.78 is 42.8. The van der Waals surface area contributed by atoms with Crippen LogP contribution in [0.5, 0.6) is 0 Å². The van der Waals surface area contributed by atoms with E-state index in [1.54, 1.807) is 14.0 Å². The summed E-state index contributed by atoms with van der Waals surface area (Å²) in [5, 5.41) is 3.16. The maximum atomic E-state index is 12.6. The molecule has 0 atom stereocenters. The van der Waals surface area contributed by atoms with Gasteiger partial charge in [0.1, 0.15) is 0 Å². The van der Waals surface area contributed by atoms with E-state index in [9.17, 15) is 18.0 Å². The van der Waals surface area contributed by atoms with Gasteiger partial charge in [-0.25, -0.2) is 0 Å². The van der Waals surface area contributed by atoms with Gasteiger partial charge in [0.05, 0.1) is 18.1 Å². The third kappa shape index (κ3) is 5.37. The number of rotatable bonds is 4. The molecule has 0 spiro atoms. The molecular weight excluding hydrogens is 347 g/mol. The predicted molar refractivity (Wildman–Crippen MR) is 92.6 cm³/mol. The Labute approximate surface area is 151 Å². The number of nitrogens with one attached hydrogen (secondary N) is 1. The standard InChI is InChI=1S/C18H24F3N3O2/c1-3-26-16(25)14-8-10-24(11-9-14)17(22-2)23-12-13-4-6-15(7-5-13)18(19,20)21/h4-7,14H,3,8-12H2,1-2H3,(H,22,23). The SMILES string of the molecule is CCOC(=O)C1CCN(C(=NC)NCc2ccc(C(F)(F)F)cc2)CC1. The number of ether oxygens (including phenoxy) is 1. The number of benzene rings is 1. The lowest BCUT2D eigenvalue weighted by molar-refractivity contribution is -0.149. The second-order valence-corrected chi connectivity index (χ2v) is 6.11. The number of guanidine groups is 1. The van der Waals surface area contributed by atoms with Gasteiger partial charge in [0.15, 0.2) is 5.96 Å². The van der Waals surface area contributed by atoms with Crippen LogP contribution in [-0.2, 0) is 22.3 Å². The van der Waals surface area contributed by atoms with Crippen molar-refractivity contribution in [3.8, 4) is 0 Å². The van der Waals surface area contributed by atoms with Crippen molar-refractivity contribution in [1.29, 1.82) is 0 Å². The number of nitrogens with zero attached hydrogens (tertiary/aromatic N) is 2. The number of aliphatic imine (C=N–C) groups is 1. The van der Waals surface area contributed by atoms with Crippen LogP contribution >= 0.6 is 0 Å². The molecule has 144 valence electrons. The summed E-state index contributed by atoms with van der Waals surface area (Å²) in [6.07, 6.45) is -2.94. The quantitative estimate of drug-likeness (QED) is 0.502. The summed E-state index contributed by atoms with van der Waals surface area (Å²) in [6.45, 7) is 3.91. The van der Waals surface area contributed by atoms with E-state index in [0.29, 0.717) is 45.0 Å². The molecule has 0 unspecified atom stereocenters. The molecule has 0 bridgehead atoms. The van der Waals surface area contributed by atoms with Crippen molar-refractivity contribution in [2.75, 3.05) is 26.7 Å². The van der Waals surface area contributed by atoms with Crippen LogP contribution in [0.3, 0.4) is 0 Å². The first-order chi connectivity index (χ1) is 12.3. The molecule has 1 N–H and O–H groups in total. The van der Waals surface area contributed by atoms with Gasteiger partial charge < -0.3 is 15.0 Å². The third-order valence-electron chi connectivity index (χ3n) is 4.36. The van der Waals surface area contributed by atoms with E-state index in [1.165, 1.54) is 12.1 Å². The van der Waals surface area contributed by atoms with Gasteiger partial charge in [0, 0.05) is 26.7 Å². The molecule has 1 aliphatic heterocycles. The second-order valence-electron chi connectivity index (χ2n) is 6.11. The van der Waals surface area contributed by atoms with Gasteiger partial charge in [-0.3, -0.25) is 9.79 Å². The molecule has 0 saturated carbocycles. The number of halogens is 3. The Hall–Kier alpha value is -2.25. The number of carbonyl (C=O) groups excluding carboxylic acids is 1. The molecule has 2 rings (SSSR count). The highest BCUT2D eigenvalue weighted by Gasteiger charge is 2.30. The molecular formula is C18H24F3N3O2. The lowest BCUT2D eigenvalue weighted by Crippen LogP contribution is -2.46. The van der Waals surface area contributed by atoms with Gasteiger partial charge >= 0.3 is 12.1 Å². The Bertz CT molecular complexity index is 622. The normalized spacial score (nSPS) is 16.5. The van der Waals surface area contributed by atoms with Crippen molar-refractivity contribution >= 4 is 11.9 Å². The first-order valence-corrected chi connectivity index (χ1v) is 8.63. The third-order valence-corrected chi connectivity index (χ3v) is 4.36. The van der Waals surface area contributed by atoms with Crippen molar-refractivity contribution in [1.82, 2.24) is 10.2 Å². The Morgan fingerprint density at radius 2 is 1.88 bits per heavy atom. The molecule has 1 fully saturated rings. The van der Waals surface area contributed by atoms with Gasteiger partial charge in [-0.1, -0.05) is 12.1 Å². The van der Waals surface area contributed by atoms with Crippen LogP contribution in [-0.4, -0.2) is 43.6 Å². The number of likely N-dealkylation sites (tertiary alicyclic amines) is 1. The van der Waals surface area contributed by atoms with Gasteiger partial charge in [-0.2, -0.15) is 13.2 Å². The highest BCUT2D eigenvalue weighted by molar-refractivity contribution is 5.80. The highest BCUT2D eigenvalue weighted by atomic mass is 19.4. The minimum atomic E-state index is -4.33. The van der Waals surface area contributed by atoms with Crippen LogP contribution in [0.2, 0.25) is 0 Å². The number of piperidine rings is 1. The van der Waals surface area contributed by atoms with Gasteiger partial charge in [-0.15, -0.1) is 0 Å².